The second kappa shape index (κ2) is 5.20. The summed E-state index contributed by atoms with van der Waals surface area (Å²) in [5.41, 5.74) is 9.25. The molecule has 0 aliphatic carbocycles. The molecule has 0 radical (unpaired) electrons. The third-order valence-corrected chi connectivity index (χ3v) is 3.85. The van der Waals surface area contributed by atoms with Crippen LogP contribution in [-0.2, 0) is 20.0 Å². The number of hydrogen-bond acceptors (Lipinski definition) is 5. The molecule has 1 aromatic carbocycles. The highest BCUT2D eigenvalue weighted by atomic mass is 16.5. The van der Waals surface area contributed by atoms with Gasteiger partial charge in [-0.15, -0.1) is 0 Å². The van der Waals surface area contributed by atoms with E-state index >= 15 is 0 Å². The molecule has 0 saturated heterocycles. The Morgan fingerprint density at radius 3 is 2.38 bits per heavy atom. The van der Waals surface area contributed by atoms with E-state index in [1.165, 1.54) is 11.1 Å². The fourth-order valence-corrected chi connectivity index (χ4v) is 2.80. The molecule has 2 heterocycles. The van der Waals surface area contributed by atoms with Crippen molar-refractivity contribution >= 4 is 11.5 Å². The van der Waals surface area contributed by atoms with Gasteiger partial charge in [-0.3, -0.25) is 4.68 Å². The third-order valence-electron chi connectivity index (χ3n) is 3.85. The number of methoxy groups -OCH3 is 2. The summed E-state index contributed by atoms with van der Waals surface area (Å²) < 4.78 is 12.5. The molecule has 1 aliphatic rings. The first-order chi connectivity index (χ1) is 10.1. The van der Waals surface area contributed by atoms with Crippen LogP contribution >= 0.6 is 0 Å². The topological polar surface area (TPSA) is 65.5 Å². The Balaban J connectivity index is 1.93. The van der Waals surface area contributed by atoms with Gasteiger partial charge in [0.25, 0.3) is 0 Å². The molecule has 6 heteroatoms. The number of ether oxygens (including phenoxy) is 2. The highest BCUT2D eigenvalue weighted by Gasteiger charge is 2.22. The van der Waals surface area contributed by atoms with Gasteiger partial charge in [0, 0.05) is 26.3 Å². The van der Waals surface area contributed by atoms with Crippen LogP contribution < -0.4 is 20.1 Å². The largest absolute Gasteiger partial charge is 0.493 e. The Morgan fingerprint density at radius 2 is 1.81 bits per heavy atom. The lowest BCUT2D eigenvalue weighted by Gasteiger charge is -2.30. The van der Waals surface area contributed by atoms with E-state index in [-0.39, 0.29) is 0 Å². The molecule has 1 aromatic heterocycles. The van der Waals surface area contributed by atoms with Crippen LogP contribution in [0.25, 0.3) is 0 Å². The standard InChI is InChI=1S/C15H20N4O2/c1-18-9-12(16)15(17-18)19-5-4-10-6-13(20-2)14(21-3)7-11(10)8-19/h6-7,9H,4-5,8,16H2,1-3H3. The summed E-state index contributed by atoms with van der Waals surface area (Å²) in [6.07, 6.45) is 2.77. The van der Waals surface area contributed by atoms with Crippen LogP contribution in [0.4, 0.5) is 11.5 Å². The second-order valence-electron chi connectivity index (χ2n) is 5.23. The van der Waals surface area contributed by atoms with Crippen LogP contribution in [0.5, 0.6) is 11.5 Å². The van der Waals surface area contributed by atoms with Gasteiger partial charge in [0.15, 0.2) is 17.3 Å². The Hall–Kier alpha value is -2.37. The molecule has 0 bridgehead atoms. The van der Waals surface area contributed by atoms with Crippen molar-refractivity contribution in [3.63, 3.8) is 0 Å². The summed E-state index contributed by atoms with van der Waals surface area (Å²) >= 11 is 0. The predicted molar refractivity (Wildman–Crippen MR) is 81.9 cm³/mol. The number of fused-ring (bicyclic) bond motifs is 1. The van der Waals surface area contributed by atoms with E-state index in [2.05, 4.69) is 16.1 Å². The number of nitrogens with two attached hydrogens (primary N) is 1. The first-order valence-corrected chi connectivity index (χ1v) is 6.90. The summed E-state index contributed by atoms with van der Waals surface area (Å²) in [6, 6.07) is 4.10. The van der Waals surface area contributed by atoms with Gasteiger partial charge in [-0.1, -0.05) is 0 Å². The highest BCUT2D eigenvalue weighted by molar-refractivity contribution is 5.63. The number of nitrogen functional groups attached to an aromatic ring is 1. The second-order valence-corrected chi connectivity index (χ2v) is 5.23. The van der Waals surface area contributed by atoms with E-state index in [0.29, 0.717) is 5.69 Å². The first kappa shape index (κ1) is 13.6. The van der Waals surface area contributed by atoms with Crippen molar-refractivity contribution in [3.05, 3.63) is 29.5 Å². The van der Waals surface area contributed by atoms with Crippen LogP contribution in [0.15, 0.2) is 18.3 Å². The number of benzene rings is 1. The molecular formula is C15H20N4O2. The van der Waals surface area contributed by atoms with Gasteiger partial charge in [0.2, 0.25) is 0 Å². The maximum atomic E-state index is 6.02. The SMILES string of the molecule is COc1cc2c(cc1OC)CN(c1nn(C)cc1N)CC2. The van der Waals surface area contributed by atoms with Gasteiger partial charge in [-0.05, 0) is 29.7 Å². The number of aromatic nitrogens is 2. The Kier molecular flexibility index (Phi) is 3.37. The lowest BCUT2D eigenvalue weighted by molar-refractivity contribution is 0.353. The van der Waals surface area contributed by atoms with Gasteiger partial charge in [0.1, 0.15) is 0 Å². The van der Waals surface area contributed by atoms with E-state index in [1.807, 2.05) is 19.3 Å². The van der Waals surface area contributed by atoms with Crippen LogP contribution in [0.2, 0.25) is 0 Å². The average molecular weight is 288 g/mol. The molecule has 0 fully saturated rings. The molecule has 0 spiro atoms. The van der Waals surface area contributed by atoms with Gasteiger partial charge >= 0.3 is 0 Å². The maximum Gasteiger partial charge on any atom is 0.174 e. The van der Waals surface area contributed by atoms with Crippen molar-refractivity contribution in [2.24, 2.45) is 7.05 Å². The van der Waals surface area contributed by atoms with Crippen molar-refractivity contribution < 1.29 is 9.47 Å². The molecule has 0 amide bonds. The van der Waals surface area contributed by atoms with Crippen LogP contribution in [0.1, 0.15) is 11.1 Å². The van der Waals surface area contributed by atoms with E-state index in [9.17, 15) is 0 Å². The Bertz CT molecular complexity index is 666. The van der Waals surface area contributed by atoms with Crippen molar-refractivity contribution in [1.29, 1.82) is 0 Å². The lowest BCUT2D eigenvalue weighted by Crippen LogP contribution is -2.31. The van der Waals surface area contributed by atoms with Gasteiger partial charge < -0.3 is 20.1 Å². The van der Waals surface area contributed by atoms with Crippen molar-refractivity contribution in [2.75, 3.05) is 31.4 Å². The van der Waals surface area contributed by atoms with Crippen molar-refractivity contribution in [1.82, 2.24) is 9.78 Å². The number of aryl methyl sites for hydroxylation is 1. The van der Waals surface area contributed by atoms with Gasteiger partial charge in [-0.25, -0.2) is 0 Å². The van der Waals surface area contributed by atoms with Crippen LogP contribution in [-0.4, -0.2) is 30.5 Å². The molecule has 3 rings (SSSR count). The molecule has 6 nitrogen and oxygen atoms in total. The smallest absolute Gasteiger partial charge is 0.174 e. The first-order valence-electron chi connectivity index (χ1n) is 6.90. The van der Waals surface area contributed by atoms with Crippen molar-refractivity contribution in [2.45, 2.75) is 13.0 Å². The Labute approximate surface area is 124 Å². The monoisotopic (exact) mass is 288 g/mol. The molecule has 0 unspecified atom stereocenters. The van der Waals surface area contributed by atoms with Crippen LogP contribution in [0, 0.1) is 0 Å². The minimum atomic E-state index is 0.710. The van der Waals surface area contributed by atoms with E-state index in [4.69, 9.17) is 15.2 Å². The van der Waals surface area contributed by atoms with Gasteiger partial charge in [0.05, 0.1) is 19.9 Å². The predicted octanol–water partition coefficient (Wildman–Crippen LogP) is 1.58. The highest BCUT2D eigenvalue weighted by Crippen LogP contribution is 2.35. The average Bonchev–Trinajstić information content (AvgIpc) is 2.83. The number of rotatable bonds is 3. The summed E-state index contributed by atoms with van der Waals surface area (Å²) in [5.74, 6) is 2.38. The Morgan fingerprint density at radius 1 is 1.14 bits per heavy atom. The summed E-state index contributed by atoms with van der Waals surface area (Å²) in [7, 11) is 5.20. The van der Waals surface area contributed by atoms with Gasteiger partial charge in [-0.2, -0.15) is 5.10 Å². The molecule has 2 aromatic rings. The van der Waals surface area contributed by atoms with E-state index < -0.39 is 0 Å². The molecule has 0 saturated carbocycles. The normalized spacial score (nSPS) is 14.0. The third kappa shape index (κ3) is 2.37. The summed E-state index contributed by atoms with van der Waals surface area (Å²) in [5, 5.41) is 4.44. The zero-order chi connectivity index (χ0) is 15.0. The maximum absolute atomic E-state index is 6.02. The van der Waals surface area contributed by atoms with E-state index in [1.54, 1.807) is 18.9 Å². The number of nitrogens with zero attached hydrogens (tertiary/aromatic N) is 3. The molecule has 0 atom stereocenters. The zero-order valence-electron chi connectivity index (χ0n) is 12.6. The fourth-order valence-electron chi connectivity index (χ4n) is 2.80. The molecule has 112 valence electrons. The quantitative estimate of drug-likeness (QED) is 0.929. The van der Waals surface area contributed by atoms with E-state index in [0.717, 1.165) is 36.8 Å². The van der Waals surface area contributed by atoms with Crippen molar-refractivity contribution in [3.8, 4) is 11.5 Å². The number of anilines is 2. The zero-order valence-corrected chi connectivity index (χ0v) is 12.6. The summed E-state index contributed by atoms with van der Waals surface area (Å²) in [6.45, 7) is 1.67. The minimum absolute atomic E-state index is 0.710. The minimum Gasteiger partial charge on any atom is -0.493 e. The summed E-state index contributed by atoms with van der Waals surface area (Å²) in [4.78, 5) is 2.20. The fraction of sp³-hybridized carbons (Fsp3) is 0.400. The molecule has 1 aliphatic heterocycles. The number of hydrogen-bond donors (Lipinski definition) is 1. The lowest BCUT2D eigenvalue weighted by atomic mass is 9.99. The molecule has 2 N–H and O–H groups in total. The molecule has 21 heavy (non-hydrogen) atoms. The van der Waals surface area contributed by atoms with Crippen LogP contribution in [0.3, 0.4) is 0 Å². The molecular weight excluding hydrogens is 268 g/mol.